The molecule has 0 aliphatic heterocycles. The van der Waals surface area contributed by atoms with E-state index < -0.39 is 5.91 Å². The number of nitrogens with one attached hydrogen (secondary N) is 2. The third-order valence-electron chi connectivity index (χ3n) is 3.40. The maximum atomic E-state index is 12.1. The van der Waals surface area contributed by atoms with Crippen molar-refractivity contribution in [2.24, 2.45) is 5.10 Å². The molecule has 0 saturated carbocycles. The van der Waals surface area contributed by atoms with E-state index in [1.807, 2.05) is 17.5 Å². The molecule has 1 amide bonds. The Kier molecular flexibility index (Phi) is 5.10. The SMILES string of the molecule is COc1ccc(OC)c(/C=N\NC(=O)c2cc(-c3cccs3)[nH]n2)c1. The normalized spacial score (nSPS) is 10.8. The molecule has 3 rings (SSSR count). The first kappa shape index (κ1) is 16.7. The van der Waals surface area contributed by atoms with Gasteiger partial charge in [-0.25, -0.2) is 5.43 Å². The molecule has 128 valence electrons. The quantitative estimate of drug-likeness (QED) is 0.525. The predicted molar refractivity (Wildman–Crippen MR) is 96.5 cm³/mol. The van der Waals surface area contributed by atoms with Gasteiger partial charge in [0.05, 0.1) is 31.0 Å². The molecule has 2 heterocycles. The zero-order valence-electron chi connectivity index (χ0n) is 13.6. The number of methoxy groups -OCH3 is 2. The fourth-order valence-electron chi connectivity index (χ4n) is 2.15. The van der Waals surface area contributed by atoms with Crippen molar-refractivity contribution in [1.29, 1.82) is 0 Å². The lowest BCUT2D eigenvalue weighted by Gasteiger charge is -2.06. The van der Waals surface area contributed by atoms with Crippen LogP contribution in [0.3, 0.4) is 0 Å². The highest BCUT2D eigenvalue weighted by Crippen LogP contribution is 2.23. The minimum Gasteiger partial charge on any atom is -0.497 e. The van der Waals surface area contributed by atoms with Crippen LogP contribution in [0.2, 0.25) is 0 Å². The summed E-state index contributed by atoms with van der Waals surface area (Å²) in [5.41, 5.74) is 4.19. The van der Waals surface area contributed by atoms with Gasteiger partial charge in [-0.3, -0.25) is 9.89 Å². The molecule has 0 fully saturated rings. The minimum atomic E-state index is -0.405. The van der Waals surface area contributed by atoms with Crippen LogP contribution in [-0.4, -0.2) is 36.5 Å². The maximum absolute atomic E-state index is 12.1. The summed E-state index contributed by atoms with van der Waals surface area (Å²) in [6.07, 6.45) is 1.49. The van der Waals surface area contributed by atoms with Crippen LogP contribution in [0.25, 0.3) is 10.6 Å². The van der Waals surface area contributed by atoms with Gasteiger partial charge in [0.1, 0.15) is 11.5 Å². The Morgan fingerprint density at radius 1 is 1.28 bits per heavy atom. The number of aromatic nitrogens is 2. The molecule has 0 spiro atoms. The van der Waals surface area contributed by atoms with Crippen LogP contribution in [0.15, 0.2) is 46.9 Å². The van der Waals surface area contributed by atoms with Crippen molar-refractivity contribution in [3.05, 3.63) is 53.0 Å². The number of aromatic amines is 1. The first-order valence-electron chi connectivity index (χ1n) is 7.36. The van der Waals surface area contributed by atoms with E-state index in [4.69, 9.17) is 9.47 Å². The number of hydrogen-bond donors (Lipinski definition) is 2. The van der Waals surface area contributed by atoms with Crippen LogP contribution in [0.4, 0.5) is 0 Å². The summed E-state index contributed by atoms with van der Waals surface area (Å²) in [6.45, 7) is 0. The Morgan fingerprint density at radius 2 is 2.16 bits per heavy atom. The third-order valence-corrected chi connectivity index (χ3v) is 4.31. The lowest BCUT2D eigenvalue weighted by atomic mass is 10.2. The molecule has 1 aromatic carbocycles. The number of amides is 1. The van der Waals surface area contributed by atoms with Crippen LogP contribution < -0.4 is 14.9 Å². The fraction of sp³-hybridized carbons (Fsp3) is 0.118. The molecular weight excluding hydrogens is 340 g/mol. The number of benzene rings is 1. The van der Waals surface area contributed by atoms with Gasteiger partial charge < -0.3 is 9.47 Å². The van der Waals surface area contributed by atoms with E-state index in [1.54, 1.807) is 49.8 Å². The first-order chi connectivity index (χ1) is 12.2. The van der Waals surface area contributed by atoms with Crippen molar-refractivity contribution in [2.45, 2.75) is 0 Å². The van der Waals surface area contributed by atoms with Crippen LogP contribution in [0, 0.1) is 0 Å². The topological polar surface area (TPSA) is 88.6 Å². The average molecular weight is 356 g/mol. The average Bonchev–Trinajstić information content (AvgIpc) is 3.32. The second kappa shape index (κ2) is 7.63. The van der Waals surface area contributed by atoms with Gasteiger partial charge in [0, 0.05) is 5.56 Å². The summed E-state index contributed by atoms with van der Waals surface area (Å²) in [6, 6.07) is 10.9. The molecule has 0 saturated heterocycles. The van der Waals surface area contributed by atoms with E-state index in [9.17, 15) is 4.79 Å². The van der Waals surface area contributed by atoms with Crippen LogP contribution in [0.5, 0.6) is 11.5 Å². The highest BCUT2D eigenvalue weighted by atomic mass is 32.1. The highest BCUT2D eigenvalue weighted by molar-refractivity contribution is 7.13. The van der Waals surface area contributed by atoms with Gasteiger partial charge in [0.25, 0.3) is 5.91 Å². The fourth-order valence-corrected chi connectivity index (χ4v) is 2.85. The van der Waals surface area contributed by atoms with E-state index in [2.05, 4.69) is 20.7 Å². The van der Waals surface area contributed by atoms with Crippen LogP contribution in [0.1, 0.15) is 16.1 Å². The Morgan fingerprint density at radius 3 is 2.88 bits per heavy atom. The molecule has 2 N–H and O–H groups in total. The number of nitrogens with zero attached hydrogens (tertiary/aromatic N) is 2. The Labute approximate surface area is 148 Å². The zero-order valence-corrected chi connectivity index (χ0v) is 14.5. The van der Waals surface area contributed by atoms with Gasteiger partial charge in [-0.05, 0) is 35.7 Å². The van der Waals surface area contributed by atoms with E-state index >= 15 is 0 Å². The Balaban J connectivity index is 1.69. The molecule has 0 aliphatic carbocycles. The summed E-state index contributed by atoms with van der Waals surface area (Å²) in [5, 5.41) is 12.8. The third kappa shape index (κ3) is 3.86. The monoisotopic (exact) mass is 356 g/mol. The van der Waals surface area contributed by atoms with Gasteiger partial charge in [-0.1, -0.05) is 6.07 Å². The highest BCUT2D eigenvalue weighted by Gasteiger charge is 2.11. The second-order valence-electron chi connectivity index (χ2n) is 4.95. The van der Waals surface area contributed by atoms with E-state index in [-0.39, 0.29) is 5.69 Å². The number of rotatable bonds is 6. The van der Waals surface area contributed by atoms with Crippen molar-refractivity contribution in [3.8, 4) is 22.1 Å². The van der Waals surface area contributed by atoms with E-state index in [1.165, 1.54) is 6.21 Å². The van der Waals surface area contributed by atoms with E-state index in [0.717, 1.165) is 10.6 Å². The largest absolute Gasteiger partial charge is 0.497 e. The number of thiophene rings is 1. The molecule has 8 heteroatoms. The molecular formula is C17H16N4O3S. The second-order valence-corrected chi connectivity index (χ2v) is 5.90. The maximum Gasteiger partial charge on any atom is 0.291 e. The summed E-state index contributed by atoms with van der Waals surface area (Å²) in [5.74, 6) is 0.886. The summed E-state index contributed by atoms with van der Waals surface area (Å²) >= 11 is 1.57. The smallest absolute Gasteiger partial charge is 0.291 e. The number of carbonyl (C=O) groups excluding carboxylic acids is 1. The van der Waals surface area contributed by atoms with Crippen molar-refractivity contribution in [1.82, 2.24) is 15.6 Å². The number of hydrogen-bond acceptors (Lipinski definition) is 6. The van der Waals surface area contributed by atoms with Crippen molar-refractivity contribution in [2.75, 3.05) is 14.2 Å². The summed E-state index contributed by atoms with van der Waals surface area (Å²) in [7, 11) is 3.14. The standard InChI is InChI=1S/C17H16N4O3S/c1-23-12-5-6-15(24-2)11(8-12)10-18-21-17(22)14-9-13(19-20-14)16-4-3-7-25-16/h3-10H,1-2H3,(H,19,20)(H,21,22)/b18-10-. The number of ether oxygens (including phenoxy) is 2. The van der Waals surface area contributed by atoms with Crippen LogP contribution >= 0.6 is 11.3 Å². The van der Waals surface area contributed by atoms with Gasteiger partial charge in [-0.15, -0.1) is 11.3 Å². The molecule has 0 aliphatic rings. The molecule has 25 heavy (non-hydrogen) atoms. The van der Waals surface area contributed by atoms with Crippen molar-refractivity contribution >= 4 is 23.5 Å². The number of hydrazone groups is 1. The minimum absolute atomic E-state index is 0.262. The Bertz CT molecular complexity index is 887. The van der Waals surface area contributed by atoms with Crippen molar-refractivity contribution in [3.63, 3.8) is 0 Å². The number of carbonyl (C=O) groups is 1. The van der Waals surface area contributed by atoms with Gasteiger partial charge in [0.2, 0.25) is 0 Å². The predicted octanol–water partition coefficient (Wildman–Crippen LogP) is 2.92. The Hall–Kier alpha value is -3.13. The molecule has 3 aromatic rings. The molecule has 0 radical (unpaired) electrons. The van der Waals surface area contributed by atoms with Gasteiger partial charge >= 0.3 is 0 Å². The molecule has 0 unspecified atom stereocenters. The van der Waals surface area contributed by atoms with Gasteiger partial charge in [-0.2, -0.15) is 10.2 Å². The lowest BCUT2D eigenvalue weighted by Crippen LogP contribution is -2.18. The molecule has 0 atom stereocenters. The summed E-state index contributed by atoms with van der Waals surface area (Å²) in [4.78, 5) is 13.1. The first-order valence-corrected chi connectivity index (χ1v) is 8.24. The zero-order chi connectivity index (χ0) is 17.6. The molecule has 0 bridgehead atoms. The van der Waals surface area contributed by atoms with Gasteiger partial charge in [0.15, 0.2) is 5.69 Å². The number of H-pyrrole nitrogens is 1. The molecule has 2 aromatic heterocycles. The molecule has 7 nitrogen and oxygen atoms in total. The van der Waals surface area contributed by atoms with Crippen molar-refractivity contribution < 1.29 is 14.3 Å². The van der Waals surface area contributed by atoms with E-state index in [0.29, 0.717) is 17.1 Å². The van der Waals surface area contributed by atoms with Crippen LogP contribution in [-0.2, 0) is 0 Å². The lowest BCUT2D eigenvalue weighted by molar-refractivity contribution is 0.0950. The summed E-state index contributed by atoms with van der Waals surface area (Å²) < 4.78 is 10.4.